The number of aromatic nitrogens is 1. The lowest BCUT2D eigenvalue weighted by Crippen LogP contribution is -2.25. The Hall–Kier alpha value is -0.180. The van der Waals surface area contributed by atoms with Crippen molar-refractivity contribution < 1.29 is 0 Å². The van der Waals surface area contributed by atoms with Crippen molar-refractivity contribution in [3.05, 3.63) is 21.3 Å². The van der Waals surface area contributed by atoms with Crippen LogP contribution in [0.15, 0.2) is 6.07 Å². The first-order valence-corrected chi connectivity index (χ1v) is 8.01. The van der Waals surface area contributed by atoms with Gasteiger partial charge in [0.15, 0.2) is 0 Å². The van der Waals surface area contributed by atoms with E-state index in [1.54, 1.807) is 6.07 Å². The molecule has 1 unspecified atom stereocenters. The van der Waals surface area contributed by atoms with Crippen molar-refractivity contribution in [1.82, 2.24) is 4.98 Å². The van der Waals surface area contributed by atoms with Crippen molar-refractivity contribution in [2.24, 2.45) is 5.92 Å². The lowest BCUT2D eigenvalue weighted by molar-refractivity contribution is 0.435. The second kappa shape index (κ2) is 7.01. The second-order valence-electron chi connectivity index (χ2n) is 5.14. The van der Waals surface area contributed by atoms with E-state index < -0.39 is 0 Å². The summed E-state index contributed by atoms with van der Waals surface area (Å²) in [7, 11) is 0. The minimum absolute atomic E-state index is 0.329. The summed E-state index contributed by atoms with van der Waals surface area (Å²) in [5, 5.41) is 1.33. The van der Waals surface area contributed by atoms with Gasteiger partial charge in [-0.25, -0.2) is 4.98 Å². The molecule has 0 aromatic carbocycles. The van der Waals surface area contributed by atoms with Gasteiger partial charge in [-0.3, -0.25) is 0 Å². The van der Waals surface area contributed by atoms with E-state index in [0.717, 1.165) is 24.8 Å². The van der Waals surface area contributed by atoms with Gasteiger partial charge in [0.05, 0.1) is 10.0 Å². The summed E-state index contributed by atoms with van der Waals surface area (Å²) < 4.78 is 0. The van der Waals surface area contributed by atoms with Crippen LogP contribution in [0.1, 0.15) is 39.0 Å². The van der Waals surface area contributed by atoms with Crippen LogP contribution in [0.25, 0.3) is 0 Å². The Morgan fingerprint density at radius 1 is 1.21 bits per heavy atom. The highest BCUT2D eigenvalue weighted by molar-refractivity contribution is 6.42. The maximum absolute atomic E-state index is 6.24. The third kappa shape index (κ3) is 3.90. The molecule has 1 aromatic heterocycles. The number of pyridine rings is 1. The molecule has 0 bridgehead atoms. The molecule has 1 aliphatic rings. The van der Waals surface area contributed by atoms with Gasteiger partial charge in [-0.05, 0) is 31.2 Å². The van der Waals surface area contributed by atoms with E-state index in [-0.39, 0.29) is 0 Å². The van der Waals surface area contributed by atoms with Gasteiger partial charge in [0, 0.05) is 13.1 Å². The standard InChI is InChI=1S/C14H19Cl3N2/c1-2-4-10-5-3-7-19(8-6-10)14-12(16)9-11(15)13(17)18-14/h9-10H,2-8H2,1H3. The maximum atomic E-state index is 6.24. The molecule has 5 heteroatoms. The van der Waals surface area contributed by atoms with Crippen molar-refractivity contribution in [3.63, 3.8) is 0 Å². The van der Waals surface area contributed by atoms with Gasteiger partial charge in [-0.1, -0.05) is 54.6 Å². The number of rotatable bonds is 3. The van der Waals surface area contributed by atoms with Crippen LogP contribution in [0, 0.1) is 5.92 Å². The van der Waals surface area contributed by atoms with Gasteiger partial charge in [0.2, 0.25) is 0 Å². The summed E-state index contributed by atoms with van der Waals surface area (Å²) in [6.07, 6.45) is 6.26. The first-order chi connectivity index (χ1) is 9.11. The van der Waals surface area contributed by atoms with Crippen molar-refractivity contribution in [3.8, 4) is 0 Å². The number of halogens is 3. The van der Waals surface area contributed by atoms with Gasteiger partial charge < -0.3 is 4.90 Å². The Morgan fingerprint density at radius 3 is 2.74 bits per heavy atom. The normalized spacial score (nSPS) is 20.4. The van der Waals surface area contributed by atoms with Gasteiger partial charge in [-0.15, -0.1) is 0 Å². The number of hydrogen-bond acceptors (Lipinski definition) is 2. The minimum atomic E-state index is 0.329. The molecular weight excluding hydrogens is 303 g/mol. The molecule has 0 radical (unpaired) electrons. The molecule has 2 nitrogen and oxygen atoms in total. The molecule has 1 atom stereocenters. The van der Waals surface area contributed by atoms with E-state index in [1.165, 1.54) is 32.1 Å². The summed E-state index contributed by atoms with van der Waals surface area (Å²) in [5.74, 6) is 1.60. The average Bonchev–Trinajstić information content (AvgIpc) is 2.60. The molecule has 19 heavy (non-hydrogen) atoms. The van der Waals surface area contributed by atoms with E-state index >= 15 is 0 Å². The zero-order chi connectivity index (χ0) is 13.8. The predicted molar refractivity (Wildman–Crippen MR) is 83.7 cm³/mol. The van der Waals surface area contributed by atoms with Crippen LogP contribution in [0.4, 0.5) is 5.82 Å². The van der Waals surface area contributed by atoms with Gasteiger partial charge in [-0.2, -0.15) is 0 Å². The number of hydrogen-bond donors (Lipinski definition) is 0. The quantitative estimate of drug-likeness (QED) is 0.688. The third-order valence-electron chi connectivity index (χ3n) is 3.71. The Labute approximate surface area is 130 Å². The van der Waals surface area contributed by atoms with Crippen LogP contribution < -0.4 is 4.90 Å². The lowest BCUT2D eigenvalue weighted by Gasteiger charge is -2.23. The highest BCUT2D eigenvalue weighted by Gasteiger charge is 2.20. The molecule has 2 heterocycles. The van der Waals surface area contributed by atoms with E-state index in [1.807, 2.05) is 0 Å². The highest BCUT2D eigenvalue weighted by atomic mass is 35.5. The fourth-order valence-corrected chi connectivity index (χ4v) is 3.34. The predicted octanol–water partition coefficient (Wildman–Crippen LogP) is 5.45. The largest absolute Gasteiger partial charge is 0.355 e. The van der Waals surface area contributed by atoms with Crippen molar-refractivity contribution >= 4 is 40.6 Å². The molecular formula is C14H19Cl3N2. The molecule has 0 aliphatic carbocycles. The highest BCUT2D eigenvalue weighted by Crippen LogP contribution is 2.33. The zero-order valence-corrected chi connectivity index (χ0v) is 13.4. The summed E-state index contributed by atoms with van der Waals surface area (Å²) in [5.41, 5.74) is 0. The Balaban J connectivity index is 2.12. The lowest BCUT2D eigenvalue weighted by atomic mass is 9.96. The molecule has 0 saturated carbocycles. The topological polar surface area (TPSA) is 16.1 Å². The number of anilines is 1. The molecule has 2 rings (SSSR count). The van der Waals surface area contributed by atoms with Gasteiger partial charge >= 0.3 is 0 Å². The van der Waals surface area contributed by atoms with Crippen LogP contribution in [0.5, 0.6) is 0 Å². The van der Waals surface area contributed by atoms with Crippen molar-refractivity contribution in [2.45, 2.75) is 39.0 Å². The first-order valence-electron chi connectivity index (χ1n) is 6.88. The van der Waals surface area contributed by atoms with Crippen LogP contribution >= 0.6 is 34.8 Å². The van der Waals surface area contributed by atoms with Crippen LogP contribution in [-0.2, 0) is 0 Å². The fourth-order valence-electron chi connectivity index (χ4n) is 2.73. The first kappa shape index (κ1) is 15.2. The molecule has 0 N–H and O–H groups in total. The molecule has 1 aliphatic heterocycles. The van der Waals surface area contributed by atoms with Crippen molar-refractivity contribution in [2.75, 3.05) is 18.0 Å². The van der Waals surface area contributed by atoms with Crippen LogP contribution in [-0.4, -0.2) is 18.1 Å². The third-order valence-corrected chi connectivity index (χ3v) is 4.66. The molecule has 106 valence electrons. The van der Waals surface area contributed by atoms with Crippen LogP contribution in [0.2, 0.25) is 15.2 Å². The van der Waals surface area contributed by atoms with Crippen molar-refractivity contribution in [1.29, 1.82) is 0 Å². The fraction of sp³-hybridized carbons (Fsp3) is 0.643. The van der Waals surface area contributed by atoms with E-state index in [0.29, 0.717) is 15.2 Å². The van der Waals surface area contributed by atoms with Crippen LogP contribution in [0.3, 0.4) is 0 Å². The summed E-state index contributed by atoms with van der Waals surface area (Å²) in [6, 6.07) is 1.68. The van der Waals surface area contributed by atoms with E-state index in [9.17, 15) is 0 Å². The second-order valence-corrected chi connectivity index (χ2v) is 6.31. The van der Waals surface area contributed by atoms with Gasteiger partial charge in [0.25, 0.3) is 0 Å². The Bertz CT molecular complexity index is 437. The SMILES string of the molecule is CCCC1CCCN(c2nc(Cl)c(Cl)cc2Cl)CC1. The smallest absolute Gasteiger partial charge is 0.150 e. The average molecular weight is 322 g/mol. The molecule has 1 fully saturated rings. The molecule has 1 aromatic rings. The summed E-state index contributed by atoms with van der Waals surface area (Å²) >= 11 is 18.2. The molecule has 0 spiro atoms. The van der Waals surface area contributed by atoms with E-state index in [2.05, 4.69) is 16.8 Å². The minimum Gasteiger partial charge on any atom is -0.355 e. The molecule has 0 amide bonds. The molecule has 1 saturated heterocycles. The maximum Gasteiger partial charge on any atom is 0.150 e. The number of nitrogens with zero attached hydrogens (tertiary/aromatic N) is 2. The summed E-state index contributed by atoms with van der Waals surface area (Å²) in [6.45, 7) is 4.24. The zero-order valence-electron chi connectivity index (χ0n) is 11.1. The van der Waals surface area contributed by atoms with Gasteiger partial charge in [0.1, 0.15) is 11.0 Å². The Morgan fingerprint density at radius 2 is 2.00 bits per heavy atom. The van der Waals surface area contributed by atoms with E-state index in [4.69, 9.17) is 34.8 Å². The monoisotopic (exact) mass is 320 g/mol. The summed E-state index contributed by atoms with van der Waals surface area (Å²) in [4.78, 5) is 6.57. The Kier molecular flexibility index (Phi) is 5.61.